The average molecular weight is 442 g/mol. The summed E-state index contributed by atoms with van der Waals surface area (Å²) in [5, 5.41) is 1.79. The van der Waals surface area contributed by atoms with Crippen LogP contribution in [-0.4, -0.2) is 27.3 Å². The number of hydrogen-bond donors (Lipinski definition) is 0. The number of hydrogen-bond acceptors (Lipinski definition) is 5. The first-order valence-corrected chi connectivity index (χ1v) is 11.4. The molecule has 0 amide bonds. The lowest BCUT2D eigenvalue weighted by molar-refractivity contribution is 0.0737. The van der Waals surface area contributed by atoms with E-state index in [9.17, 15) is 13.2 Å². The van der Waals surface area contributed by atoms with E-state index >= 15 is 0 Å². The number of fused-ring (bicyclic) bond motifs is 2. The van der Waals surface area contributed by atoms with Crippen LogP contribution in [0.1, 0.15) is 15.9 Å². The van der Waals surface area contributed by atoms with Crippen LogP contribution in [0.2, 0.25) is 0 Å². The van der Waals surface area contributed by atoms with E-state index in [0.29, 0.717) is 28.4 Å². The second-order valence-electron chi connectivity index (χ2n) is 7.36. The molecule has 0 fully saturated rings. The van der Waals surface area contributed by atoms with Gasteiger partial charge in [0.2, 0.25) is 0 Å². The number of amidine groups is 1. The molecule has 158 valence electrons. The summed E-state index contributed by atoms with van der Waals surface area (Å²) in [5.41, 5.74) is 1.76. The Morgan fingerprint density at radius 2 is 1.53 bits per heavy atom. The first-order valence-electron chi connectivity index (χ1n) is 9.92. The number of esters is 1. The lowest BCUT2D eigenvalue weighted by Gasteiger charge is -2.19. The van der Waals surface area contributed by atoms with Gasteiger partial charge in [0.1, 0.15) is 10.6 Å². The van der Waals surface area contributed by atoms with Gasteiger partial charge in [0.25, 0.3) is 10.0 Å². The van der Waals surface area contributed by atoms with E-state index in [1.165, 1.54) is 0 Å². The number of ether oxygens (including phenoxy) is 1. The summed E-state index contributed by atoms with van der Waals surface area (Å²) < 4.78 is 34.2. The number of carbonyl (C=O) groups is 1. The highest BCUT2D eigenvalue weighted by atomic mass is 32.2. The second-order valence-corrected chi connectivity index (χ2v) is 8.93. The first-order chi connectivity index (χ1) is 15.4. The number of anilines is 1. The first kappa shape index (κ1) is 20.0. The lowest BCUT2D eigenvalue weighted by Crippen LogP contribution is -2.25. The Hall–Kier alpha value is -3.97. The third-order valence-corrected chi connectivity index (χ3v) is 6.70. The molecule has 4 aromatic rings. The van der Waals surface area contributed by atoms with Gasteiger partial charge < -0.3 is 9.64 Å². The van der Waals surface area contributed by atoms with Gasteiger partial charge in [0.05, 0.1) is 5.56 Å². The highest BCUT2D eigenvalue weighted by Crippen LogP contribution is 2.30. The Morgan fingerprint density at radius 3 is 2.34 bits per heavy atom. The molecule has 6 nitrogen and oxygen atoms in total. The molecular formula is C25H18N2O4S. The van der Waals surface area contributed by atoms with Crippen molar-refractivity contribution in [1.82, 2.24) is 0 Å². The van der Waals surface area contributed by atoms with E-state index in [0.717, 1.165) is 10.8 Å². The number of benzene rings is 4. The van der Waals surface area contributed by atoms with Crippen LogP contribution in [0.5, 0.6) is 5.75 Å². The van der Waals surface area contributed by atoms with E-state index in [-0.39, 0.29) is 4.90 Å². The van der Waals surface area contributed by atoms with Crippen molar-refractivity contribution in [1.29, 1.82) is 0 Å². The van der Waals surface area contributed by atoms with Crippen LogP contribution in [0.25, 0.3) is 10.8 Å². The topological polar surface area (TPSA) is 76.0 Å². The van der Waals surface area contributed by atoms with Crippen LogP contribution in [0.15, 0.2) is 100 Å². The predicted molar refractivity (Wildman–Crippen MR) is 124 cm³/mol. The molecule has 0 bridgehead atoms. The van der Waals surface area contributed by atoms with E-state index < -0.39 is 16.0 Å². The molecule has 0 spiro atoms. The monoisotopic (exact) mass is 442 g/mol. The zero-order chi connectivity index (χ0) is 22.3. The molecule has 0 saturated carbocycles. The number of rotatable bonds is 3. The van der Waals surface area contributed by atoms with Crippen LogP contribution in [0.4, 0.5) is 5.69 Å². The molecule has 0 radical (unpaired) electrons. The van der Waals surface area contributed by atoms with Gasteiger partial charge in [-0.1, -0.05) is 48.5 Å². The van der Waals surface area contributed by atoms with Gasteiger partial charge in [0, 0.05) is 18.3 Å². The summed E-state index contributed by atoms with van der Waals surface area (Å²) in [7, 11) is -1.96. The van der Waals surface area contributed by atoms with Crippen molar-refractivity contribution in [2.75, 3.05) is 11.9 Å². The summed E-state index contributed by atoms with van der Waals surface area (Å²) in [6.07, 6.45) is 0. The third kappa shape index (κ3) is 3.42. The molecule has 5 rings (SSSR count). The van der Waals surface area contributed by atoms with Crippen molar-refractivity contribution < 1.29 is 17.9 Å². The molecule has 1 heterocycles. The average Bonchev–Trinajstić information content (AvgIpc) is 3.09. The van der Waals surface area contributed by atoms with Crippen molar-refractivity contribution in [3.8, 4) is 5.75 Å². The summed E-state index contributed by atoms with van der Waals surface area (Å²) in [5.74, 6) is 0.297. The minimum Gasteiger partial charge on any atom is -0.423 e. The maximum Gasteiger partial charge on any atom is 0.344 e. The van der Waals surface area contributed by atoms with Crippen LogP contribution < -0.4 is 9.64 Å². The van der Waals surface area contributed by atoms with E-state index in [2.05, 4.69) is 4.40 Å². The van der Waals surface area contributed by atoms with Gasteiger partial charge in [-0.15, -0.1) is 4.40 Å². The van der Waals surface area contributed by atoms with Crippen LogP contribution in [0, 0.1) is 0 Å². The van der Waals surface area contributed by atoms with Crippen molar-refractivity contribution in [3.63, 3.8) is 0 Å². The Labute approximate surface area is 185 Å². The number of nitrogens with zero attached hydrogens (tertiary/aromatic N) is 2. The van der Waals surface area contributed by atoms with Crippen LogP contribution in [0.3, 0.4) is 0 Å². The largest absolute Gasteiger partial charge is 0.423 e. The van der Waals surface area contributed by atoms with Gasteiger partial charge in [0.15, 0.2) is 5.84 Å². The molecule has 1 aliphatic heterocycles. The minimum atomic E-state index is -3.70. The molecule has 0 aromatic heterocycles. The van der Waals surface area contributed by atoms with Crippen molar-refractivity contribution in [2.45, 2.75) is 4.90 Å². The smallest absolute Gasteiger partial charge is 0.344 e. The fourth-order valence-corrected chi connectivity index (χ4v) is 4.99. The van der Waals surface area contributed by atoms with Gasteiger partial charge in [-0.2, -0.15) is 8.42 Å². The minimum absolute atomic E-state index is 0.197. The molecule has 0 unspecified atom stereocenters. The highest BCUT2D eigenvalue weighted by Gasteiger charge is 2.30. The molecule has 0 aliphatic carbocycles. The van der Waals surface area contributed by atoms with E-state index in [1.807, 2.05) is 36.4 Å². The third-order valence-electron chi connectivity index (χ3n) is 5.37. The number of sulfonamides is 1. The zero-order valence-corrected chi connectivity index (χ0v) is 17.9. The Balaban J connectivity index is 1.39. The van der Waals surface area contributed by atoms with E-state index in [1.54, 1.807) is 66.5 Å². The Morgan fingerprint density at radius 1 is 0.844 bits per heavy atom. The summed E-state index contributed by atoms with van der Waals surface area (Å²) in [4.78, 5) is 14.6. The highest BCUT2D eigenvalue weighted by molar-refractivity contribution is 7.90. The molecule has 0 N–H and O–H groups in total. The zero-order valence-electron chi connectivity index (χ0n) is 17.1. The Bertz CT molecular complexity index is 1490. The molecule has 1 aliphatic rings. The Kier molecular flexibility index (Phi) is 4.75. The van der Waals surface area contributed by atoms with Crippen LogP contribution in [-0.2, 0) is 10.0 Å². The van der Waals surface area contributed by atoms with Gasteiger partial charge in [-0.3, -0.25) is 0 Å². The summed E-state index contributed by atoms with van der Waals surface area (Å²) >= 11 is 0. The van der Waals surface area contributed by atoms with Gasteiger partial charge >= 0.3 is 5.97 Å². The molecule has 32 heavy (non-hydrogen) atoms. The molecular weight excluding hydrogens is 424 g/mol. The maximum atomic E-state index is 12.7. The number of carbonyl (C=O) groups excluding carboxylic acids is 1. The normalized spacial score (nSPS) is 14.0. The van der Waals surface area contributed by atoms with E-state index in [4.69, 9.17) is 4.74 Å². The fourth-order valence-electron chi connectivity index (χ4n) is 3.76. The fraction of sp³-hybridized carbons (Fsp3) is 0.0400. The standard InChI is InChI=1S/C25H18N2O4S/c1-27(24-22-10-4-5-12-23(22)32(29,30)26-24)18-13-15-19(16-14-18)31-25(28)21-11-6-8-17-7-2-3-9-20(17)21/h2-16H,1H3. The van der Waals surface area contributed by atoms with Gasteiger partial charge in [-0.25, -0.2) is 4.79 Å². The summed E-state index contributed by atoms with van der Waals surface area (Å²) in [6, 6.07) is 26.7. The maximum absolute atomic E-state index is 12.7. The predicted octanol–water partition coefficient (Wildman–Crippen LogP) is 4.64. The van der Waals surface area contributed by atoms with Crippen molar-refractivity contribution in [2.24, 2.45) is 4.40 Å². The van der Waals surface area contributed by atoms with Crippen molar-refractivity contribution in [3.05, 3.63) is 102 Å². The quantitative estimate of drug-likeness (QED) is 0.341. The SMILES string of the molecule is CN(C1=NS(=O)(=O)c2ccccc21)c1ccc(OC(=O)c2cccc3ccccc23)cc1. The molecule has 0 atom stereocenters. The molecule has 4 aromatic carbocycles. The second kappa shape index (κ2) is 7.62. The molecule has 7 heteroatoms. The van der Waals surface area contributed by atoms with Crippen LogP contribution >= 0.6 is 0 Å². The lowest BCUT2D eigenvalue weighted by atomic mass is 10.0. The van der Waals surface area contributed by atoms with Crippen molar-refractivity contribution >= 4 is 38.3 Å². The van der Waals surface area contributed by atoms with Gasteiger partial charge in [-0.05, 0) is 53.2 Å². The molecule has 0 saturated heterocycles. The summed E-state index contributed by atoms with van der Waals surface area (Å²) in [6.45, 7) is 0.